The molecule has 1 aliphatic carbocycles. The van der Waals surface area contributed by atoms with E-state index in [0.717, 1.165) is 18.7 Å². The van der Waals surface area contributed by atoms with Crippen molar-refractivity contribution in [1.29, 1.82) is 0 Å². The number of halogens is 3. The molecule has 0 saturated heterocycles. The van der Waals surface area contributed by atoms with Crippen LogP contribution in [0.1, 0.15) is 129 Å². The molecule has 48 heavy (non-hydrogen) atoms. The lowest BCUT2D eigenvalue weighted by Gasteiger charge is -2.22. The van der Waals surface area contributed by atoms with Crippen LogP contribution in [-0.2, 0) is 24.2 Å². The van der Waals surface area contributed by atoms with Crippen molar-refractivity contribution in [3.05, 3.63) is 0 Å². The van der Waals surface area contributed by atoms with Gasteiger partial charge in [0.1, 0.15) is 32.5 Å². The molecule has 0 unspecified atom stereocenters. The highest BCUT2D eigenvalue weighted by Crippen LogP contribution is 2.21. The first-order valence-electron chi connectivity index (χ1n) is 17.3. The fourth-order valence-electron chi connectivity index (χ4n) is 1.92. The van der Waals surface area contributed by atoms with E-state index in [0.29, 0.717) is 43.0 Å². The third-order valence-electron chi connectivity index (χ3n) is 5.00. The van der Waals surface area contributed by atoms with E-state index in [9.17, 15) is 13.2 Å². The number of rotatable bonds is 17. The highest BCUT2D eigenvalue weighted by Gasteiger charge is 2.26. The van der Waals surface area contributed by atoms with Gasteiger partial charge in [-0.15, -0.1) is 0 Å². The molecule has 0 aromatic rings. The van der Waals surface area contributed by atoms with Crippen molar-refractivity contribution in [2.75, 3.05) is 26.4 Å². The van der Waals surface area contributed by atoms with E-state index in [1.54, 1.807) is 12.4 Å². The van der Waals surface area contributed by atoms with Crippen LogP contribution in [0.3, 0.4) is 0 Å². The summed E-state index contributed by atoms with van der Waals surface area (Å²) in [6.07, 6.45) is 6.90. The Morgan fingerprint density at radius 2 is 1.06 bits per heavy atom. The molecule has 0 amide bonds. The van der Waals surface area contributed by atoms with E-state index in [1.165, 1.54) is 25.5 Å². The van der Waals surface area contributed by atoms with Gasteiger partial charge in [0.05, 0.1) is 12.1 Å². The van der Waals surface area contributed by atoms with Gasteiger partial charge in [-0.05, 0) is 76.0 Å². The summed E-state index contributed by atoms with van der Waals surface area (Å²) in [4.78, 5) is 23.9. The Labute approximate surface area is 290 Å². The lowest BCUT2D eigenvalue weighted by molar-refractivity contribution is -0.145. The standard InChI is InChI=1S/C8H15NO.C7H12F3NO.2C7H15NO.C6H13NO/c1-7(2)6-9-10-8-4-3-5-8;1-6(2)5-11-12-4-3-7(8,9)10;1-5-9-8-7(4)6(2)3;1-4-5-9-8-6-7(2)3;1-4-8-7-5-6(2)3/h6-8H,3-5H2,1-2H3;5-6H,3-4H2,1-2H3;6H,5H2,1-4H3;6-7H,4-5H2,1-3H3;5-6H,4H2,1-3H3/b9-6+;11-5+;8-7+;8-6+;7-5+. The minimum Gasteiger partial charge on any atom is -0.396 e. The SMILES string of the molecule is CC(C)/C=N/OC1CCC1.CC(C)/C=N/OCCC(F)(F)F.CCCO/N=C/C(C)C.CCO/N=C(\C)C(C)C.CCO/N=C/C(C)C. The second kappa shape index (κ2) is 37.0. The highest BCUT2D eigenvalue weighted by atomic mass is 19.4. The lowest BCUT2D eigenvalue weighted by atomic mass is 9.97. The third-order valence-corrected chi connectivity index (χ3v) is 5.00. The summed E-state index contributed by atoms with van der Waals surface area (Å²) in [5.74, 6) is 2.16. The zero-order valence-corrected chi connectivity index (χ0v) is 32.5. The Bertz CT molecular complexity index is 813. The van der Waals surface area contributed by atoms with Crippen molar-refractivity contribution in [2.24, 2.45) is 55.4 Å². The van der Waals surface area contributed by atoms with E-state index >= 15 is 0 Å². The molecule has 1 aliphatic rings. The van der Waals surface area contributed by atoms with Crippen LogP contribution < -0.4 is 0 Å². The summed E-state index contributed by atoms with van der Waals surface area (Å²) in [7, 11) is 0. The first-order valence-corrected chi connectivity index (χ1v) is 17.3. The van der Waals surface area contributed by atoms with E-state index in [4.69, 9.17) is 19.4 Å². The molecule has 1 saturated carbocycles. The Morgan fingerprint density at radius 1 is 0.646 bits per heavy atom. The Morgan fingerprint density at radius 3 is 1.40 bits per heavy atom. The first kappa shape index (κ1) is 52.0. The molecule has 1 fully saturated rings. The molecule has 0 heterocycles. The Kier molecular flexibility index (Phi) is 40.0. The van der Waals surface area contributed by atoms with Crippen LogP contribution in [0, 0.1) is 29.6 Å². The first-order chi connectivity index (χ1) is 22.4. The van der Waals surface area contributed by atoms with Crippen LogP contribution in [0.4, 0.5) is 13.2 Å². The average Bonchev–Trinajstić information content (AvgIpc) is 2.95. The van der Waals surface area contributed by atoms with E-state index in [1.807, 2.05) is 40.8 Å². The van der Waals surface area contributed by atoms with Crippen molar-refractivity contribution >= 4 is 30.6 Å². The summed E-state index contributed by atoms with van der Waals surface area (Å²) >= 11 is 0. The van der Waals surface area contributed by atoms with Gasteiger partial charge >= 0.3 is 6.18 Å². The summed E-state index contributed by atoms with van der Waals surface area (Å²) in [6, 6.07) is 0. The monoisotopic (exact) mass is 698 g/mol. The summed E-state index contributed by atoms with van der Waals surface area (Å²) < 4.78 is 34.5. The molecule has 0 radical (unpaired) electrons. The maximum Gasteiger partial charge on any atom is 0.392 e. The van der Waals surface area contributed by atoms with Crippen molar-refractivity contribution in [3.8, 4) is 0 Å². The van der Waals surface area contributed by atoms with Crippen molar-refractivity contribution < 1.29 is 37.4 Å². The Hall–Kier alpha value is -2.86. The molecule has 0 aromatic carbocycles. The average molecular weight is 698 g/mol. The van der Waals surface area contributed by atoms with Gasteiger partial charge in [-0.3, -0.25) is 0 Å². The van der Waals surface area contributed by atoms with Crippen LogP contribution in [0.15, 0.2) is 25.8 Å². The normalized spacial score (nSPS) is 13.6. The molecule has 286 valence electrons. The summed E-state index contributed by atoms with van der Waals surface area (Å²) in [5, 5.41) is 18.5. The zero-order valence-electron chi connectivity index (χ0n) is 32.5. The molecule has 10 nitrogen and oxygen atoms in total. The number of nitrogens with zero attached hydrogens (tertiary/aromatic N) is 5. The van der Waals surface area contributed by atoms with Gasteiger partial charge in [0.25, 0.3) is 0 Å². The molecular formula is C35H70F3N5O5. The maximum atomic E-state index is 11.5. The van der Waals surface area contributed by atoms with E-state index < -0.39 is 19.2 Å². The van der Waals surface area contributed by atoms with Crippen LogP contribution in [0.25, 0.3) is 0 Å². The topological polar surface area (TPSA) is 108 Å². The van der Waals surface area contributed by atoms with Crippen LogP contribution >= 0.6 is 0 Å². The molecule has 0 bridgehead atoms. The van der Waals surface area contributed by atoms with Crippen molar-refractivity contribution in [3.63, 3.8) is 0 Å². The largest absolute Gasteiger partial charge is 0.396 e. The second-order valence-electron chi connectivity index (χ2n) is 12.4. The summed E-state index contributed by atoms with van der Waals surface area (Å²) in [5.41, 5.74) is 1.05. The Balaban J connectivity index is -0.000000254. The molecule has 0 aliphatic heterocycles. The minimum atomic E-state index is -4.16. The fraction of sp³-hybridized carbons (Fsp3) is 0.857. The number of alkyl halides is 3. The van der Waals surface area contributed by atoms with Crippen LogP contribution in [0.5, 0.6) is 0 Å². The fourth-order valence-corrected chi connectivity index (χ4v) is 1.92. The van der Waals surface area contributed by atoms with Crippen molar-refractivity contribution in [2.45, 2.75) is 141 Å². The van der Waals surface area contributed by atoms with Gasteiger partial charge in [-0.25, -0.2) is 0 Å². The predicted octanol–water partition coefficient (Wildman–Crippen LogP) is 10.6. The maximum absolute atomic E-state index is 11.5. The van der Waals surface area contributed by atoms with Gasteiger partial charge in [0.2, 0.25) is 0 Å². The molecular weight excluding hydrogens is 627 g/mol. The third kappa shape index (κ3) is 55.5. The van der Waals surface area contributed by atoms with Gasteiger partial charge in [0.15, 0.2) is 0 Å². The minimum absolute atomic E-state index is 0.191. The zero-order chi connectivity index (χ0) is 37.8. The van der Waals surface area contributed by atoms with Gasteiger partial charge < -0.3 is 24.2 Å². The van der Waals surface area contributed by atoms with E-state index in [2.05, 4.69) is 92.9 Å². The van der Waals surface area contributed by atoms with E-state index in [-0.39, 0.29) is 5.92 Å². The summed E-state index contributed by atoms with van der Waals surface area (Å²) in [6.45, 7) is 29.8. The molecule has 0 aromatic heterocycles. The second-order valence-corrected chi connectivity index (χ2v) is 12.4. The molecule has 1 rings (SSSR count). The van der Waals surface area contributed by atoms with Crippen LogP contribution in [-0.4, -0.2) is 69.3 Å². The van der Waals surface area contributed by atoms with Gasteiger partial charge in [0, 0.05) is 24.9 Å². The van der Waals surface area contributed by atoms with Gasteiger partial charge in [-0.1, -0.05) is 102 Å². The number of oxime groups is 5. The lowest BCUT2D eigenvalue weighted by Crippen LogP contribution is -2.19. The predicted molar refractivity (Wildman–Crippen MR) is 196 cm³/mol. The quantitative estimate of drug-likeness (QED) is 0.0854. The molecule has 13 heteroatoms. The number of hydrogen-bond acceptors (Lipinski definition) is 10. The number of hydrogen-bond donors (Lipinski definition) is 0. The van der Waals surface area contributed by atoms with Gasteiger partial charge in [-0.2, -0.15) is 13.2 Å². The molecule has 0 atom stereocenters. The van der Waals surface area contributed by atoms with Crippen molar-refractivity contribution in [1.82, 2.24) is 0 Å². The molecule has 0 spiro atoms. The van der Waals surface area contributed by atoms with Crippen LogP contribution in [0.2, 0.25) is 0 Å². The highest BCUT2D eigenvalue weighted by molar-refractivity contribution is 5.83. The smallest absolute Gasteiger partial charge is 0.392 e. The molecule has 0 N–H and O–H groups in total.